The number of rotatable bonds is 4. The molecule has 0 unspecified atom stereocenters. The van der Waals surface area contributed by atoms with Crippen molar-refractivity contribution in [1.29, 1.82) is 0 Å². The SMILES string of the molecule is CCOc1nc(Sc2nc(C)c(C)o2)ccc1N. The molecule has 18 heavy (non-hydrogen) atoms. The second-order valence-corrected chi connectivity index (χ2v) is 4.67. The summed E-state index contributed by atoms with van der Waals surface area (Å²) in [5.74, 6) is 1.26. The lowest BCUT2D eigenvalue weighted by Gasteiger charge is -2.06. The largest absolute Gasteiger partial charge is 0.476 e. The van der Waals surface area contributed by atoms with Crippen LogP contribution >= 0.6 is 11.8 Å². The molecule has 0 aromatic carbocycles. The van der Waals surface area contributed by atoms with E-state index in [1.54, 1.807) is 6.07 Å². The van der Waals surface area contributed by atoms with Crippen LogP contribution in [0.25, 0.3) is 0 Å². The van der Waals surface area contributed by atoms with Gasteiger partial charge in [0, 0.05) is 0 Å². The third kappa shape index (κ3) is 2.76. The minimum Gasteiger partial charge on any atom is -0.476 e. The van der Waals surface area contributed by atoms with Gasteiger partial charge in [0.1, 0.15) is 10.8 Å². The molecule has 0 aliphatic rings. The highest BCUT2D eigenvalue weighted by Gasteiger charge is 2.10. The van der Waals surface area contributed by atoms with E-state index < -0.39 is 0 Å². The Bertz CT molecular complexity index is 535. The van der Waals surface area contributed by atoms with Gasteiger partial charge in [0.15, 0.2) is 0 Å². The molecule has 0 bridgehead atoms. The minimum atomic E-state index is 0.447. The topological polar surface area (TPSA) is 74.2 Å². The molecule has 6 heteroatoms. The van der Waals surface area contributed by atoms with Crippen LogP contribution in [0.4, 0.5) is 5.69 Å². The number of aryl methyl sites for hydroxylation is 2. The monoisotopic (exact) mass is 265 g/mol. The molecule has 0 aliphatic heterocycles. The maximum Gasteiger partial charge on any atom is 0.262 e. The number of nitrogens with zero attached hydrogens (tertiary/aromatic N) is 2. The second-order valence-electron chi connectivity index (χ2n) is 3.70. The third-order valence-corrected chi connectivity index (χ3v) is 3.13. The van der Waals surface area contributed by atoms with Crippen LogP contribution in [-0.2, 0) is 0 Å². The Morgan fingerprint density at radius 1 is 1.33 bits per heavy atom. The maximum absolute atomic E-state index is 5.76. The van der Waals surface area contributed by atoms with Crippen LogP contribution in [0.15, 0.2) is 26.8 Å². The fourth-order valence-electron chi connectivity index (χ4n) is 1.32. The van der Waals surface area contributed by atoms with Gasteiger partial charge >= 0.3 is 0 Å². The van der Waals surface area contributed by atoms with Crippen molar-refractivity contribution >= 4 is 17.4 Å². The molecule has 2 heterocycles. The van der Waals surface area contributed by atoms with Crippen molar-refractivity contribution in [2.24, 2.45) is 0 Å². The van der Waals surface area contributed by atoms with E-state index in [-0.39, 0.29) is 0 Å². The molecule has 0 fully saturated rings. The number of pyridine rings is 1. The Hall–Kier alpha value is -1.69. The molecule has 0 aliphatic carbocycles. The summed E-state index contributed by atoms with van der Waals surface area (Å²) in [7, 11) is 0. The average Bonchev–Trinajstić information content (AvgIpc) is 2.63. The first kappa shape index (κ1) is 12.8. The highest BCUT2D eigenvalue weighted by molar-refractivity contribution is 7.99. The van der Waals surface area contributed by atoms with E-state index in [1.165, 1.54) is 11.8 Å². The number of oxazole rings is 1. The van der Waals surface area contributed by atoms with Crippen LogP contribution in [0, 0.1) is 13.8 Å². The van der Waals surface area contributed by atoms with Crippen LogP contribution < -0.4 is 10.5 Å². The van der Waals surface area contributed by atoms with Crippen molar-refractivity contribution < 1.29 is 9.15 Å². The van der Waals surface area contributed by atoms with E-state index in [2.05, 4.69) is 9.97 Å². The lowest BCUT2D eigenvalue weighted by Crippen LogP contribution is -1.99. The molecule has 5 nitrogen and oxygen atoms in total. The number of ether oxygens (including phenoxy) is 1. The quantitative estimate of drug-likeness (QED) is 0.916. The molecule has 0 saturated carbocycles. The zero-order valence-electron chi connectivity index (χ0n) is 10.6. The predicted molar refractivity (Wildman–Crippen MR) is 69.9 cm³/mol. The highest BCUT2D eigenvalue weighted by atomic mass is 32.2. The Balaban J connectivity index is 2.21. The summed E-state index contributed by atoms with van der Waals surface area (Å²) in [5, 5.41) is 1.32. The number of nitrogen functional groups attached to an aromatic ring is 1. The van der Waals surface area contributed by atoms with Crippen molar-refractivity contribution in [3.05, 3.63) is 23.6 Å². The Labute approximate surface area is 110 Å². The van der Waals surface area contributed by atoms with Crippen molar-refractivity contribution in [3.8, 4) is 5.88 Å². The van der Waals surface area contributed by atoms with Crippen LogP contribution in [0.2, 0.25) is 0 Å². The van der Waals surface area contributed by atoms with Gasteiger partial charge in [-0.2, -0.15) is 0 Å². The van der Waals surface area contributed by atoms with Gasteiger partial charge in [0.2, 0.25) is 5.88 Å². The molecule has 2 N–H and O–H groups in total. The number of nitrogens with two attached hydrogens (primary N) is 1. The first-order valence-electron chi connectivity index (χ1n) is 5.61. The van der Waals surface area contributed by atoms with Gasteiger partial charge < -0.3 is 14.9 Å². The fraction of sp³-hybridized carbons (Fsp3) is 0.333. The molecular weight excluding hydrogens is 250 g/mol. The van der Waals surface area contributed by atoms with E-state index >= 15 is 0 Å². The second kappa shape index (κ2) is 5.30. The summed E-state index contributed by atoms with van der Waals surface area (Å²) in [6, 6.07) is 3.58. The molecule has 0 atom stereocenters. The smallest absolute Gasteiger partial charge is 0.262 e. The molecule has 0 amide bonds. The molecule has 2 aromatic heterocycles. The van der Waals surface area contributed by atoms with Gasteiger partial charge in [-0.3, -0.25) is 0 Å². The van der Waals surface area contributed by atoms with Crippen molar-refractivity contribution in [3.63, 3.8) is 0 Å². The first-order valence-corrected chi connectivity index (χ1v) is 6.43. The predicted octanol–water partition coefficient (Wildman–Crippen LogP) is 2.82. The molecule has 96 valence electrons. The van der Waals surface area contributed by atoms with Gasteiger partial charge in [0.05, 0.1) is 18.0 Å². The summed E-state index contributed by atoms with van der Waals surface area (Å²) >= 11 is 1.35. The van der Waals surface area contributed by atoms with Gasteiger partial charge in [-0.25, -0.2) is 9.97 Å². The minimum absolute atomic E-state index is 0.447. The fourth-order valence-corrected chi connectivity index (χ4v) is 2.11. The number of hydrogen-bond acceptors (Lipinski definition) is 6. The number of hydrogen-bond donors (Lipinski definition) is 1. The Morgan fingerprint density at radius 3 is 2.72 bits per heavy atom. The standard InChI is InChI=1S/C12H15N3O2S/c1-4-16-11-9(13)5-6-10(15-11)18-12-14-7(2)8(3)17-12/h5-6H,4,13H2,1-3H3. The summed E-state index contributed by atoms with van der Waals surface area (Å²) in [5.41, 5.74) is 7.18. The van der Waals surface area contributed by atoms with E-state index in [0.29, 0.717) is 23.4 Å². The first-order chi connectivity index (χ1) is 8.60. The number of aromatic nitrogens is 2. The zero-order valence-corrected chi connectivity index (χ0v) is 11.4. The molecule has 2 aromatic rings. The van der Waals surface area contributed by atoms with Gasteiger partial charge in [-0.15, -0.1) is 0 Å². The van der Waals surface area contributed by atoms with Crippen molar-refractivity contribution in [1.82, 2.24) is 9.97 Å². The lowest BCUT2D eigenvalue weighted by molar-refractivity contribution is 0.326. The number of anilines is 1. The van der Waals surface area contributed by atoms with Crippen molar-refractivity contribution in [2.75, 3.05) is 12.3 Å². The summed E-state index contributed by atoms with van der Waals surface area (Å²) in [6.07, 6.45) is 0. The lowest BCUT2D eigenvalue weighted by atomic mass is 10.4. The van der Waals surface area contributed by atoms with Gasteiger partial charge in [-0.1, -0.05) is 0 Å². The molecule has 2 rings (SSSR count). The Morgan fingerprint density at radius 2 is 2.11 bits per heavy atom. The molecule has 0 saturated heterocycles. The third-order valence-electron chi connectivity index (χ3n) is 2.35. The van der Waals surface area contributed by atoms with Crippen LogP contribution in [0.1, 0.15) is 18.4 Å². The zero-order chi connectivity index (χ0) is 13.1. The van der Waals surface area contributed by atoms with E-state index in [1.807, 2.05) is 26.8 Å². The summed E-state index contributed by atoms with van der Waals surface area (Å²) in [6.45, 7) is 6.21. The summed E-state index contributed by atoms with van der Waals surface area (Å²) < 4.78 is 10.8. The molecular formula is C12H15N3O2S. The van der Waals surface area contributed by atoms with Crippen LogP contribution in [-0.4, -0.2) is 16.6 Å². The molecule has 0 spiro atoms. The van der Waals surface area contributed by atoms with E-state index in [0.717, 1.165) is 16.5 Å². The normalized spacial score (nSPS) is 10.6. The van der Waals surface area contributed by atoms with Crippen LogP contribution in [0.3, 0.4) is 0 Å². The van der Waals surface area contributed by atoms with E-state index in [4.69, 9.17) is 14.9 Å². The average molecular weight is 265 g/mol. The summed E-state index contributed by atoms with van der Waals surface area (Å²) in [4.78, 5) is 8.60. The Kier molecular flexibility index (Phi) is 3.76. The van der Waals surface area contributed by atoms with Crippen LogP contribution in [0.5, 0.6) is 5.88 Å². The highest BCUT2D eigenvalue weighted by Crippen LogP contribution is 2.30. The van der Waals surface area contributed by atoms with E-state index in [9.17, 15) is 0 Å². The van der Waals surface area contributed by atoms with Gasteiger partial charge in [0.25, 0.3) is 5.22 Å². The maximum atomic E-state index is 5.76. The van der Waals surface area contributed by atoms with Gasteiger partial charge in [-0.05, 0) is 44.7 Å². The van der Waals surface area contributed by atoms with Crippen molar-refractivity contribution in [2.45, 2.75) is 31.0 Å². The molecule has 0 radical (unpaired) electrons.